The Hall–Kier alpha value is -3.15. The number of halogens is 1. The molecule has 1 N–H and O–H groups in total. The molecule has 1 aromatic heterocycles. The summed E-state index contributed by atoms with van der Waals surface area (Å²) in [6.45, 7) is -0.531. The maximum atomic E-state index is 13.5. The standard InChI is InChI=1S/C18H13FO5/c19-15-4-2-1-3-14(15)16(21)10-24-18(22)7-11-9-23-17-8-12(20)5-6-13(11)17/h1-6,8-9,20H,7,10H2. The summed E-state index contributed by atoms with van der Waals surface area (Å²) >= 11 is 0. The van der Waals surface area contributed by atoms with E-state index in [0.717, 1.165) is 0 Å². The predicted octanol–water partition coefficient (Wildman–Crippen LogP) is 3.25. The zero-order valence-corrected chi connectivity index (χ0v) is 12.5. The fourth-order valence-corrected chi connectivity index (χ4v) is 2.33. The van der Waals surface area contributed by atoms with Gasteiger partial charge < -0.3 is 14.3 Å². The first-order valence-electron chi connectivity index (χ1n) is 7.17. The average molecular weight is 328 g/mol. The van der Waals surface area contributed by atoms with Crippen LogP contribution in [0.3, 0.4) is 0 Å². The number of carbonyl (C=O) groups is 2. The van der Waals surface area contributed by atoms with Crippen LogP contribution >= 0.6 is 0 Å². The molecule has 1 heterocycles. The van der Waals surface area contributed by atoms with Crippen LogP contribution in [0.5, 0.6) is 5.75 Å². The molecule has 2 aromatic carbocycles. The average Bonchev–Trinajstić information content (AvgIpc) is 2.95. The highest BCUT2D eigenvalue weighted by molar-refractivity contribution is 5.98. The van der Waals surface area contributed by atoms with Crippen molar-refractivity contribution < 1.29 is 28.2 Å². The number of ether oxygens (including phenoxy) is 1. The summed E-state index contributed by atoms with van der Waals surface area (Å²) in [5.41, 5.74) is 0.906. The lowest BCUT2D eigenvalue weighted by Gasteiger charge is -2.04. The van der Waals surface area contributed by atoms with Crippen LogP contribution in [-0.4, -0.2) is 23.5 Å². The van der Waals surface area contributed by atoms with Gasteiger partial charge in [0.25, 0.3) is 0 Å². The van der Waals surface area contributed by atoms with E-state index in [2.05, 4.69) is 0 Å². The third-order valence-electron chi connectivity index (χ3n) is 3.51. The van der Waals surface area contributed by atoms with Crippen LogP contribution in [0.15, 0.2) is 53.1 Å². The molecule has 0 aliphatic carbocycles. The second-order valence-electron chi connectivity index (χ2n) is 5.18. The number of rotatable bonds is 5. The SMILES string of the molecule is O=C(Cc1coc2cc(O)ccc12)OCC(=O)c1ccccc1F. The van der Waals surface area contributed by atoms with Gasteiger partial charge in [-0.25, -0.2) is 4.39 Å². The van der Waals surface area contributed by atoms with E-state index in [1.54, 1.807) is 6.07 Å². The van der Waals surface area contributed by atoms with Crippen molar-refractivity contribution in [3.8, 4) is 5.75 Å². The lowest BCUT2D eigenvalue weighted by Crippen LogP contribution is -2.16. The van der Waals surface area contributed by atoms with Gasteiger partial charge in [-0.05, 0) is 24.3 Å². The lowest BCUT2D eigenvalue weighted by atomic mass is 10.1. The molecule has 0 aliphatic rings. The monoisotopic (exact) mass is 328 g/mol. The number of esters is 1. The highest BCUT2D eigenvalue weighted by Gasteiger charge is 2.16. The maximum absolute atomic E-state index is 13.5. The van der Waals surface area contributed by atoms with E-state index in [4.69, 9.17) is 9.15 Å². The summed E-state index contributed by atoms with van der Waals surface area (Å²) in [5, 5.41) is 10.0. The molecular weight excluding hydrogens is 315 g/mol. The van der Waals surface area contributed by atoms with Crippen LogP contribution in [0.25, 0.3) is 11.0 Å². The molecule has 5 nitrogen and oxygen atoms in total. The van der Waals surface area contributed by atoms with Gasteiger partial charge in [-0.15, -0.1) is 0 Å². The summed E-state index contributed by atoms with van der Waals surface area (Å²) in [6, 6.07) is 10.1. The maximum Gasteiger partial charge on any atom is 0.310 e. The minimum absolute atomic E-state index is 0.0569. The van der Waals surface area contributed by atoms with Gasteiger partial charge in [0.05, 0.1) is 18.2 Å². The largest absolute Gasteiger partial charge is 0.508 e. The highest BCUT2D eigenvalue weighted by Crippen LogP contribution is 2.25. The van der Waals surface area contributed by atoms with Gasteiger partial charge >= 0.3 is 5.97 Å². The molecule has 0 unspecified atom stereocenters. The van der Waals surface area contributed by atoms with Gasteiger partial charge in [0.15, 0.2) is 6.61 Å². The Labute approximate surface area is 136 Å². The quantitative estimate of drug-likeness (QED) is 0.575. The van der Waals surface area contributed by atoms with Crippen molar-refractivity contribution in [3.63, 3.8) is 0 Å². The summed E-state index contributed by atoms with van der Waals surface area (Å²) in [4.78, 5) is 23.7. The van der Waals surface area contributed by atoms with Crippen LogP contribution in [0.4, 0.5) is 4.39 Å². The van der Waals surface area contributed by atoms with E-state index in [-0.39, 0.29) is 17.7 Å². The van der Waals surface area contributed by atoms with Crippen molar-refractivity contribution in [2.75, 3.05) is 6.61 Å². The van der Waals surface area contributed by atoms with E-state index in [9.17, 15) is 19.1 Å². The molecule has 0 bridgehead atoms. The number of aromatic hydroxyl groups is 1. The molecule has 0 atom stereocenters. The Kier molecular flexibility index (Phi) is 4.29. The Balaban J connectivity index is 1.63. The van der Waals surface area contributed by atoms with Gasteiger partial charge in [0.2, 0.25) is 5.78 Å². The summed E-state index contributed by atoms with van der Waals surface area (Å²) in [5.74, 6) is -1.83. The first kappa shape index (κ1) is 15.7. The molecule has 0 radical (unpaired) electrons. The van der Waals surface area contributed by atoms with Crippen LogP contribution < -0.4 is 0 Å². The summed E-state index contributed by atoms with van der Waals surface area (Å²) < 4.78 is 23.7. The second kappa shape index (κ2) is 6.54. The van der Waals surface area contributed by atoms with Gasteiger partial charge in [0, 0.05) is 17.0 Å². The number of Topliss-reactive ketones (excluding diaryl/α,β-unsaturated/α-hetero) is 1. The Morgan fingerprint density at radius 3 is 2.75 bits per heavy atom. The predicted molar refractivity (Wildman–Crippen MR) is 83.3 cm³/mol. The topological polar surface area (TPSA) is 76.7 Å². The molecule has 24 heavy (non-hydrogen) atoms. The third-order valence-corrected chi connectivity index (χ3v) is 3.51. The van der Waals surface area contributed by atoms with E-state index in [1.807, 2.05) is 0 Å². The van der Waals surface area contributed by atoms with Crippen molar-refractivity contribution in [1.82, 2.24) is 0 Å². The van der Waals surface area contributed by atoms with Crippen LogP contribution in [0.2, 0.25) is 0 Å². The van der Waals surface area contributed by atoms with Gasteiger partial charge in [-0.1, -0.05) is 12.1 Å². The van der Waals surface area contributed by atoms with Crippen LogP contribution in [0.1, 0.15) is 15.9 Å². The molecule has 122 valence electrons. The Bertz CT molecular complexity index is 913. The molecule has 0 spiro atoms. The molecule has 3 aromatic rings. The fraction of sp³-hybridized carbons (Fsp3) is 0.111. The van der Waals surface area contributed by atoms with Crippen LogP contribution in [0, 0.1) is 5.82 Å². The summed E-state index contributed by atoms with van der Waals surface area (Å²) in [7, 11) is 0. The molecule has 0 aliphatic heterocycles. The minimum Gasteiger partial charge on any atom is -0.508 e. The van der Waals surface area contributed by atoms with Crippen molar-refractivity contribution in [2.45, 2.75) is 6.42 Å². The van der Waals surface area contributed by atoms with Crippen molar-refractivity contribution >= 4 is 22.7 Å². The molecule has 3 rings (SSSR count). The van der Waals surface area contributed by atoms with Crippen LogP contribution in [-0.2, 0) is 16.0 Å². The minimum atomic E-state index is -0.654. The smallest absolute Gasteiger partial charge is 0.310 e. The van der Waals surface area contributed by atoms with Crippen molar-refractivity contribution in [3.05, 3.63) is 65.7 Å². The third kappa shape index (κ3) is 3.27. The lowest BCUT2D eigenvalue weighted by molar-refractivity contribution is -0.141. The Morgan fingerprint density at radius 2 is 1.96 bits per heavy atom. The first-order valence-corrected chi connectivity index (χ1v) is 7.17. The van der Waals surface area contributed by atoms with Crippen molar-refractivity contribution in [2.24, 2.45) is 0 Å². The second-order valence-corrected chi connectivity index (χ2v) is 5.18. The summed E-state index contributed by atoms with van der Waals surface area (Å²) in [6.07, 6.45) is 1.30. The number of ketones is 1. The number of furan rings is 1. The number of fused-ring (bicyclic) bond motifs is 1. The molecule has 6 heteroatoms. The van der Waals surface area contributed by atoms with E-state index < -0.39 is 24.2 Å². The zero-order chi connectivity index (χ0) is 17.1. The van der Waals surface area contributed by atoms with Crippen molar-refractivity contribution in [1.29, 1.82) is 0 Å². The number of hydrogen-bond donors (Lipinski definition) is 1. The molecular formula is C18H13FO5. The number of carbonyl (C=O) groups excluding carboxylic acids is 2. The van der Waals surface area contributed by atoms with E-state index >= 15 is 0 Å². The zero-order valence-electron chi connectivity index (χ0n) is 12.5. The van der Waals surface area contributed by atoms with E-state index in [0.29, 0.717) is 16.5 Å². The highest BCUT2D eigenvalue weighted by atomic mass is 19.1. The normalized spacial score (nSPS) is 10.7. The molecule has 0 amide bonds. The molecule has 0 saturated heterocycles. The van der Waals surface area contributed by atoms with Gasteiger partial charge in [-0.3, -0.25) is 9.59 Å². The number of phenols is 1. The van der Waals surface area contributed by atoms with Gasteiger partial charge in [-0.2, -0.15) is 0 Å². The van der Waals surface area contributed by atoms with E-state index in [1.165, 1.54) is 42.7 Å². The first-order chi connectivity index (χ1) is 11.5. The molecule has 0 saturated carbocycles. The number of benzene rings is 2. The van der Waals surface area contributed by atoms with Gasteiger partial charge in [0.1, 0.15) is 17.1 Å². The fourth-order valence-electron chi connectivity index (χ4n) is 2.33. The number of phenolic OH excluding ortho intramolecular Hbond substituents is 1. The Morgan fingerprint density at radius 1 is 1.17 bits per heavy atom. The number of hydrogen-bond acceptors (Lipinski definition) is 5. The molecule has 0 fully saturated rings.